The number of halogens is 1. The van der Waals surface area contributed by atoms with Crippen molar-refractivity contribution in [2.24, 2.45) is 0 Å². The summed E-state index contributed by atoms with van der Waals surface area (Å²) < 4.78 is 30.1. The molecule has 0 spiro atoms. The lowest BCUT2D eigenvalue weighted by Gasteiger charge is -2.29. The number of nitrogen functional groups attached to an aromatic ring is 1. The highest BCUT2D eigenvalue weighted by molar-refractivity contribution is 7.91. The smallest absolute Gasteiger partial charge is 0.183 e. The first-order chi connectivity index (χ1) is 8.88. The third kappa shape index (κ3) is 3.60. The number of hydrogen-bond donors (Lipinski definition) is 1. The number of sulfone groups is 1. The van der Waals surface area contributed by atoms with Gasteiger partial charge in [-0.25, -0.2) is 8.42 Å². The quantitative estimate of drug-likeness (QED) is 0.844. The molecule has 7 heteroatoms. The van der Waals surface area contributed by atoms with E-state index in [1.807, 2.05) is 7.05 Å². The minimum Gasteiger partial charge on any atom is -0.398 e. The lowest BCUT2D eigenvalue weighted by atomic mass is 10.3. The molecule has 19 heavy (non-hydrogen) atoms. The van der Waals surface area contributed by atoms with E-state index in [1.54, 1.807) is 0 Å². The first kappa shape index (κ1) is 14.6. The molecule has 1 unspecified atom stereocenters. The second-order valence-electron chi connectivity index (χ2n) is 4.72. The monoisotopic (exact) mass is 304 g/mol. The second kappa shape index (κ2) is 5.66. The maximum absolute atomic E-state index is 12.3. The number of morpholine rings is 1. The zero-order valence-corrected chi connectivity index (χ0v) is 12.2. The molecule has 1 aromatic carbocycles. The number of ether oxygens (including phenoxy) is 1. The fraction of sp³-hybridized carbons (Fsp3) is 0.500. The average molecular weight is 305 g/mol. The second-order valence-corrected chi connectivity index (χ2v) is 7.16. The summed E-state index contributed by atoms with van der Waals surface area (Å²) in [6.45, 7) is 1.97. The van der Waals surface area contributed by atoms with E-state index in [0.717, 1.165) is 6.54 Å². The Balaban J connectivity index is 2.18. The van der Waals surface area contributed by atoms with Crippen LogP contribution in [0.25, 0.3) is 0 Å². The predicted octanol–water partition coefficient (Wildman–Crippen LogP) is 1.03. The van der Waals surface area contributed by atoms with Gasteiger partial charge in [0.05, 0.1) is 29.0 Å². The van der Waals surface area contributed by atoms with Crippen molar-refractivity contribution in [3.05, 3.63) is 23.2 Å². The van der Waals surface area contributed by atoms with E-state index in [1.165, 1.54) is 18.2 Å². The molecular weight excluding hydrogens is 288 g/mol. The molecule has 0 bridgehead atoms. The van der Waals surface area contributed by atoms with Gasteiger partial charge in [0.1, 0.15) is 0 Å². The lowest BCUT2D eigenvalue weighted by Crippen LogP contribution is -2.43. The molecule has 1 fully saturated rings. The summed E-state index contributed by atoms with van der Waals surface area (Å²) in [5.74, 6) is -0.0663. The van der Waals surface area contributed by atoms with E-state index in [0.29, 0.717) is 18.2 Å². The van der Waals surface area contributed by atoms with Crippen LogP contribution in [0.2, 0.25) is 5.02 Å². The van der Waals surface area contributed by atoms with Crippen molar-refractivity contribution in [3.8, 4) is 0 Å². The number of rotatable bonds is 3. The number of anilines is 1. The van der Waals surface area contributed by atoms with E-state index in [4.69, 9.17) is 22.1 Å². The van der Waals surface area contributed by atoms with E-state index < -0.39 is 9.84 Å². The highest BCUT2D eigenvalue weighted by Crippen LogP contribution is 2.24. The van der Waals surface area contributed by atoms with Gasteiger partial charge in [-0.2, -0.15) is 0 Å². The Morgan fingerprint density at radius 2 is 2.26 bits per heavy atom. The van der Waals surface area contributed by atoms with Crippen LogP contribution in [0.5, 0.6) is 0 Å². The normalized spacial score (nSPS) is 21.5. The minimum absolute atomic E-state index is 0.0663. The predicted molar refractivity (Wildman–Crippen MR) is 75.2 cm³/mol. The van der Waals surface area contributed by atoms with Crippen LogP contribution in [0.1, 0.15) is 0 Å². The van der Waals surface area contributed by atoms with E-state index in [2.05, 4.69) is 4.90 Å². The summed E-state index contributed by atoms with van der Waals surface area (Å²) in [7, 11) is -1.52. The summed E-state index contributed by atoms with van der Waals surface area (Å²) in [6.07, 6.45) is -0.321. The highest BCUT2D eigenvalue weighted by Gasteiger charge is 2.26. The Bertz CT molecular complexity index is 562. The molecule has 0 amide bonds. The Hall–Kier alpha value is -0.820. The van der Waals surface area contributed by atoms with Crippen molar-refractivity contribution in [2.45, 2.75) is 11.0 Å². The van der Waals surface area contributed by atoms with Crippen LogP contribution in [0.15, 0.2) is 23.1 Å². The van der Waals surface area contributed by atoms with Crippen molar-refractivity contribution in [2.75, 3.05) is 38.2 Å². The molecule has 1 saturated heterocycles. The number of likely N-dealkylation sites (N-methyl/N-ethyl adjacent to an activating group) is 1. The third-order valence-corrected chi connectivity index (χ3v) is 5.14. The SMILES string of the molecule is CN1CCOC(CS(=O)(=O)c2ccc(Cl)cc2N)C1. The standard InChI is InChI=1S/C12H17ClN2O3S/c1-15-4-5-18-10(7-15)8-19(16,17)12-3-2-9(13)6-11(12)14/h2-3,6,10H,4-5,7-8,14H2,1H3. The molecular formula is C12H17ClN2O3S. The fourth-order valence-corrected chi connectivity index (χ4v) is 3.85. The first-order valence-corrected chi connectivity index (χ1v) is 7.99. The Morgan fingerprint density at radius 1 is 1.53 bits per heavy atom. The highest BCUT2D eigenvalue weighted by atomic mass is 35.5. The van der Waals surface area contributed by atoms with E-state index in [9.17, 15) is 8.42 Å². The van der Waals surface area contributed by atoms with Crippen LogP contribution in [-0.2, 0) is 14.6 Å². The molecule has 0 saturated carbocycles. The summed E-state index contributed by atoms with van der Waals surface area (Å²) in [4.78, 5) is 2.17. The fourth-order valence-electron chi connectivity index (χ4n) is 2.10. The molecule has 0 radical (unpaired) electrons. The molecule has 0 aromatic heterocycles. The summed E-state index contributed by atoms with van der Waals surface area (Å²) in [5.41, 5.74) is 5.90. The van der Waals surface area contributed by atoms with Crippen molar-refractivity contribution in [1.82, 2.24) is 4.90 Å². The van der Waals surface area contributed by atoms with Crippen molar-refractivity contribution in [1.29, 1.82) is 0 Å². The van der Waals surface area contributed by atoms with Crippen LogP contribution in [0, 0.1) is 0 Å². The van der Waals surface area contributed by atoms with E-state index in [-0.39, 0.29) is 22.4 Å². The van der Waals surface area contributed by atoms with Crippen LogP contribution in [-0.4, -0.2) is 51.9 Å². The third-order valence-electron chi connectivity index (χ3n) is 3.05. The molecule has 1 aliphatic heterocycles. The Morgan fingerprint density at radius 3 is 2.89 bits per heavy atom. The molecule has 2 N–H and O–H groups in total. The zero-order chi connectivity index (χ0) is 14.0. The minimum atomic E-state index is -3.47. The van der Waals surface area contributed by atoms with Crippen molar-refractivity contribution >= 4 is 27.1 Å². The molecule has 1 heterocycles. The topological polar surface area (TPSA) is 72.6 Å². The number of hydrogen-bond acceptors (Lipinski definition) is 5. The van der Waals surface area contributed by atoms with Gasteiger partial charge in [-0.05, 0) is 25.2 Å². The van der Waals surface area contributed by atoms with Gasteiger partial charge in [-0.1, -0.05) is 11.6 Å². The Kier molecular flexibility index (Phi) is 4.35. The molecule has 0 aliphatic carbocycles. The van der Waals surface area contributed by atoms with Gasteiger partial charge in [-0.15, -0.1) is 0 Å². The maximum Gasteiger partial charge on any atom is 0.183 e. The number of benzene rings is 1. The Labute approximate surface area is 118 Å². The van der Waals surface area contributed by atoms with Gasteiger partial charge >= 0.3 is 0 Å². The molecule has 5 nitrogen and oxygen atoms in total. The molecule has 1 aromatic rings. The largest absolute Gasteiger partial charge is 0.398 e. The maximum atomic E-state index is 12.3. The van der Waals surface area contributed by atoms with Crippen LogP contribution < -0.4 is 5.73 Å². The summed E-state index contributed by atoms with van der Waals surface area (Å²) in [6, 6.07) is 4.42. The zero-order valence-electron chi connectivity index (χ0n) is 10.7. The lowest BCUT2D eigenvalue weighted by molar-refractivity contribution is -0.00680. The van der Waals surface area contributed by atoms with Crippen LogP contribution in [0.4, 0.5) is 5.69 Å². The summed E-state index contributed by atoms with van der Waals surface area (Å²) in [5, 5.41) is 0.421. The average Bonchev–Trinajstić information content (AvgIpc) is 2.27. The molecule has 2 rings (SSSR count). The number of nitrogens with zero attached hydrogens (tertiary/aromatic N) is 1. The first-order valence-electron chi connectivity index (χ1n) is 5.96. The van der Waals surface area contributed by atoms with Gasteiger partial charge in [-0.3, -0.25) is 0 Å². The van der Waals surface area contributed by atoms with Gasteiger partial charge < -0.3 is 15.4 Å². The van der Waals surface area contributed by atoms with Gasteiger partial charge in [0.25, 0.3) is 0 Å². The summed E-state index contributed by atoms with van der Waals surface area (Å²) >= 11 is 5.77. The van der Waals surface area contributed by atoms with Gasteiger partial charge in [0.15, 0.2) is 9.84 Å². The van der Waals surface area contributed by atoms with Crippen molar-refractivity contribution < 1.29 is 13.2 Å². The molecule has 106 valence electrons. The van der Waals surface area contributed by atoms with Gasteiger partial charge in [0.2, 0.25) is 0 Å². The molecule has 1 aliphatic rings. The van der Waals surface area contributed by atoms with Crippen LogP contribution >= 0.6 is 11.6 Å². The number of nitrogens with two attached hydrogens (primary N) is 1. The molecule has 1 atom stereocenters. The van der Waals surface area contributed by atoms with Gasteiger partial charge in [0, 0.05) is 18.1 Å². The van der Waals surface area contributed by atoms with Crippen molar-refractivity contribution in [3.63, 3.8) is 0 Å². The van der Waals surface area contributed by atoms with Crippen LogP contribution in [0.3, 0.4) is 0 Å². The van der Waals surface area contributed by atoms with E-state index >= 15 is 0 Å².